The normalized spacial score (nSPS) is 16.2. The SMILES string of the molecule is CCC(C)(N)c1ncc(C(C)C)s1. The summed E-state index contributed by atoms with van der Waals surface area (Å²) in [7, 11) is 0. The third-order valence-electron chi connectivity index (χ3n) is 2.32. The minimum atomic E-state index is -0.252. The van der Waals surface area contributed by atoms with Gasteiger partial charge in [0.1, 0.15) is 5.01 Å². The molecule has 0 spiro atoms. The summed E-state index contributed by atoms with van der Waals surface area (Å²) in [6, 6.07) is 0. The van der Waals surface area contributed by atoms with Gasteiger partial charge in [-0.15, -0.1) is 11.3 Å². The summed E-state index contributed by atoms with van der Waals surface area (Å²) in [4.78, 5) is 5.69. The van der Waals surface area contributed by atoms with Gasteiger partial charge in [-0.05, 0) is 19.3 Å². The Balaban J connectivity index is 2.91. The standard InChI is InChI=1S/C10H18N2S/c1-5-10(4,11)9-12-6-8(13-9)7(2)3/h6-7H,5,11H2,1-4H3. The molecule has 1 atom stereocenters. The summed E-state index contributed by atoms with van der Waals surface area (Å²) in [6.45, 7) is 8.49. The van der Waals surface area contributed by atoms with E-state index in [4.69, 9.17) is 5.73 Å². The van der Waals surface area contributed by atoms with Gasteiger partial charge in [-0.1, -0.05) is 20.8 Å². The molecule has 0 aliphatic heterocycles. The van der Waals surface area contributed by atoms with Crippen LogP contribution in [0.25, 0.3) is 0 Å². The van der Waals surface area contributed by atoms with Gasteiger partial charge in [0.25, 0.3) is 0 Å². The van der Waals surface area contributed by atoms with Crippen molar-refractivity contribution in [3.63, 3.8) is 0 Å². The molecule has 2 nitrogen and oxygen atoms in total. The van der Waals surface area contributed by atoms with Crippen LogP contribution in [-0.2, 0) is 5.54 Å². The van der Waals surface area contributed by atoms with E-state index in [0.717, 1.165) is 11.4 Å². The lowest BCUT2D eigenvalue weighted by atomic mass is 10.0. The van der Waals surface area contributed by atoms with Gasteiger partial charge in [0.15, 0.2) is 0 Å². The maximum absolute atomic E-state index is 6.10. The molecule has 0 aliphatic carbocycles. The number of thiazole rings is 1. The summed E-state index contributed by atoms with van der Waals surface area (Å²) in [5.74, 6) is 0.555. The van der Waals surface area contributed by atoms with Crippen LogP contribution < -0.4 is 5.73 Å². The van der Waals surface area contributed by atoms with E-state index in [1.165, 1.54) is 4.88 Å². The first-order chi connectivity index (χ1) is 5.97. The smallest absolute Gasteiger partial charge is 0.112 e. The first kappa shape index (κ1) is 10.7. The van der Waals surface area contributed by atoms with Crippen LogP contribution in [0.5, 0.6) is 0 Å². The molecular weight excluding hydrogens is 180 g/mol. The molecule has 0 fully saturated rings. The number of aromatic nitrogens is 1. The summed E-state index contributed by atoms with van der Waals surface area (Å²) < 4.78 is 0. The first-order valence-electron chi connectivity index (χ1n) is 4.72. The maximum atomic E-state index is 6.10. The van der Waals surface area contributed by atoms with Crippen LogP contribution in [0.1, 0.15) is 49.9 Å². The second kappa shape index (κ2) is 3.76. The Bertz CT molecular complexity index is 276. The second-order valence-corrected chi connectivity index (χ2v) is 5.06. The van der Waals surface area contributed by atoms with Crippen LogP contribution >= 0.6 is 11.3 Å². The Hall–Kier alpha value is -0.410. The molecule has 1 aromatic heterocycles. The highest BCUT2D eigenvalue weighted by atomic mass is 32.1. The molecule has 13 heavy (non-hydrogen) atoms. The average Bonchev–Trinajstić information content (AvgIpc) is 2.52. The highest BCUT2D eigenvalue weighted by Crippen LogP contribution is 2.29. The van der Waals surface area contributed by atoms with E-state index in [1.807, 2.05) is 13.1 Å². The van der Waals surface area contributed by atoms with Gasteiger partial charge in [-0.3, -0.25) is 0 Å². The molecule has 0 radical (unpaired) electrons. The lowest BCUT2D eigenvalue weighted by molar-refractivity contribution is 0.474. The van der Waals surface area contributed by atoms with E-state index >= 15 is 0 Å². The predicted octanol–water partition coefficient (Wildman–Crippen LogP) is 2.85. The molecule has 0 saturated carbocycles. The Labute approximate surface area is 84.2 Å². The number of hydrogen-bond donors (Lipinski definition) is 1. The monoisotopic (exact) mass is 198 g/mol. The van der Waals surface area contributed by atoms with Gasteiger partial charge in [0, 0.05) is 11.1 Å². The summed E-state index contributed by atoms with van der Waals surface area (Å²) in [6.07, 6.45) is 2.88. The van der Waals surface area contributed by atoms with E-state index in [-0.39, 0.29) is 5.54 Å². The Kier molecular flexibility index (Phi) is 3.09. The fourth-order valence-electron chi connectivity index (χ4n) is 0.969. The van der Waals surface area contributed by atoms with Gasteiger partial charge in [0.05, 0.1) is 5.54 Å². The summed E-state index contributed by atoms with van der Waals surface area (Å²) in [5, 5.41) is 1.05. The van der Waals surface area contributed by atoms with E-state index in [1.54, 1.807) is 11.3 Å². The maximum Gasteiger partial charge on any atom is 0.112 e. The van der Waals surface area contributed by atoms with Crippen molar-refractivity contribution in [3.8, 4) is 0 Å². The van der Waals surface area contributed by atoms with Crippen LogP contribution in [0, 0.1) is 0 Å². The van der Waals surface area contributed by atoms with Crippen molar-refractivity contribution >= 4 is 11.3 Å². The van der Waals surface area contributed by atoms with Crippen molar-refractivity contribution in [2.75, 3.05) is 0 Å². The van der Waals surface area contributed by atoms with Gasteiger partial charge >= 0.3 is 0 Å². The van der Waals surface area contributed by atoms with E-state index in [0.29, 0.717) is 5.92 Å². The summed E-state index contributed by atoms with van der Waals surface area (Å²) in [5.41, 5.74) is 5.85. The third-order valence-corrected chi connectivity index (χ3v) is 3.89. The fourth-order valence-corrected chi connectivity index (χ4v) is 2.02. The number of nitrogens with zero attached hydrogens (tertiary/aromatic N) is 1. The van der Waals surface area contributed by atoms with E-state index in [2.05, 4.69) is 25.8 Å². The molecule has 74 valence electrons. The Morgan fingerprint density at radius 1 is 1.62 bits per heavy atom. The minimum Gasteiger partial charge on any atom is -0.320 e. The Morgan fingerprint density at radius 2 is 2.23 bits per heavy atom. The molecule has 0 aliphatic rings. The molecule has 3 heteroatoms. The highest BCUT2D eigenvalue weighted by Gasteiger charge is 2.22. The lowest BCUT2D eigenvalue weighted by Crippen LogP contribution is -2.31. The van der Waals surface area contributed by atoms with Gasteiger partial charge in [-0.2, -0.15) is 0 Å². The van der Waals surface area contributed by atoms with Crippen molar-refractivity contribution < 1.29 is 0 Å². The predicted molar refractivity (Wildman–Crippen MR) is 58.0 cm³/mol. The van der Waals surface area contributed by atoms with E-state index in [9.17, 15) is 0 Å². The van der Waals surface area contributed by atoms with Crippen LogP contribution in [0.15, 0.2) is 6.20 Å². The zero-order valence-electron chi connectivity index (χ0n) is 8.79. The third kappa shape index (κ3) is 2.29. The van der Waals surface area contributed by atoms with Crippen LogP contribution in [0.4, 0.5) is 0 Å². The molecule has 1 heterocycles. The molecule has 0 aromatic carbocycles. The number of nitrogens with two attached hydrogens (primary N) is 1. The van der Waals surface area contributed by atoms with Gasteiger partial charge < -0.3 is 5.73 Å². The zero-order chi connectivity index (χ0) is 10.1. The molecular formula is C10H18N2S. The van der Waals surface area contributed by atoms with Crippen molar-refractivity contribution in [1.82, 2.24) is 4.98 Å². The van der Waals surface area contributed by atoms with Gasteiger partial charge in [0.2, 0.25) is 0 Å². The molecule has 0 bridgehead atoms. The molecule has 0 saturated heterocycles. The van der Waals surface area contributed by atoms with Crippen LogP contribution in [-0.4, -0.2) is 4.98 Å². The average molecular weight is 198 g/mol. The number of rotatable bonds is 3. The van der Waals surface area contributed by atoms with Crippen molar-refractivity contribution in [3.05, 3.63) is 16.1 Å². The quantitative estimate of drug-likeness (QED) is 0.811. The number of hydrogen-bond acceptors (Lipinski definition) is 3. The van der Waals surface area contributed by atoms with Crippen molar-refractivity contribution in [2.45, 2.75) is 45.6 Å². The van der Waals surface area contributed by atoms with Gasteiger partial charge in [-0.25, -0.2) is 4.98 Å². The molecule has 1 aromatic rings. The van der Waals surface area contributed by atoms with Crippen LogP contribution in [0.3, 0.4) is 0 Å². The van der Waals surface area contributed by atoms with Crippen molar-refractivity contribution in [2.24, 2.45) is 5.73 Å². The molecule has 1 rings (SSSR count). The fraction of sp³-hybridized carbons (Fsp3) is 0.700. The first-order valence-corrected chi connectivity index (χ1v) is 5.54. The molecule has 2 N–H and O–H groups in total. The van der Waals surface area contributed by atoms with E-state index < -0.39 is 0 Å². The second-order valence-electron chi connectivity index (χ2n) is 3.99. The Morgan fingerprint density at radius 3 is 2.62 bits per heavy atom. The molecule has 1 unspecified atom stereocenters. The van der Waals surface area contributed by atoms with Crippen LogP contribution in [0.2, 0.25) is 0 Å². The minimum absolute atomic E-state index is 0.252. The zero-order valence-corrected chi connectivity index (χ0v) is 9.61. The largest absolute Gasteiger partial charge is 0.320 e. The lowest BCUT2D eigenvalue weighted by Gasteiger charge is -2.18. The van der Waals surface area contributed by atoms with Crippen molar-refractivity contribution in [1.29, 1.82) is 0 Å². The molecule has 0 amide bonds. The topological polar surface area (TPSA) is 38.9 Å². The summed E-state index contributed by atoms with van der Waals surface area (Å²) >= 11 is 1.74. The highest BCUT2D eigenvalue weighted by molar-refractivity contribution is 7.11.